The van der Waals surface area contributed by atoms with Gasteiger partial charge in [0.2, 0.25) is 0 Å². The fourth-order valence-corrected chi connectivity index (χ4v) is 0. The van der Waals surface area contributed by atoms with E-state index in [2.05, 4.69) is 0 Å². The maximum Gasteiger partial charge on any atom is 0 e. The zero-order valence-electron chi connectivity index (χ0n) is 2.14. The maximum atomic E-state index is 0. The number of hydrogen-bond donors (Lipinski definition) is 0. The van der Waals surface area contributed by atoms with Crippen LogP contribution in [0.1, 0.15) is 0 Å². The Morgan fingerprint density at radius 3 is 1.00 bits per heavy atom. The van der Waals surface area contributed by atoms with E-state index in [0.717, 1.165) is 0 Å². The third kappa shape index (κ3) is 8.86. The molecule has 0 N–H and O–H groups in total. The summed E-state index contributed by atoms with van der Waals surface area (Å²) in [5, 5.41) is 0. The van der Waals surface area contributed by atoms with Crippen LogP contribution in [0.2, 0.25) is 0 Å². The maximum absolute atomic E-state index is 0. The van der Waals surface area contributed by atoms with Crippen molar-refractivity contribution in [3.05, 3.63) is 0 Å². The van der Waals surface area contributed by atoms with Gasteiger partial charge in [-0.05, 0) is 0 Å². The van der Waals surface area contributed by atoms with Gasteiger partial charge >= 0.3 is 0 Å². The van der Waals surface area contributed by atoms with Crippen LogP contribution >= 0.6 is 23.4 Å². The molecule has 0 heterocycles. The van der Waals surface area contributed by atoms with Gasteiger partial charge in [0.05, 0.1) is 0 Å². The van der Waals surface area contributed by atoms with Gasteiger partial charge < -0.3 is 0 Å². The number of rotatable bonds is 0. The summed E-state index contributed by atoms with van der Waals surface area (Å²) in [6, 6.07) is 0. The molecule has 0 aromatic heterocycles. The summed E-state index contributed by atoms with van der Waals surface area (Å²) in [5.41, 5.74) is 0. The van der Waals surface area contributed by atoms with Crippen molar-refractivity contribution in [3.8, 4) is 0 Å². The van der Waals surface area contributed by atoms with Gasteiger partial charge in [-0.25, -0.2) is 0 Å². The first-order valence-electron chi connectivity index (χ1n) is 0. The average Bonchev–Trinajstić information content (AvgIpc) is 0. The van der Waals surface area contributed by atoms with Crippen LogP contribution in [0.15, 0.2) is 0 Å². The van der Waals surface area contributed by atoms with Crippen molar-refractivity contribution in [1.82, 2.24) is 0 Å². The van der Waals surface area contributed by atoms with Crippen molar-refractivity contribution < 1.29 is 19.5 Å². The summed E-state index contributed by atoms with van der Waals surface area (Å²) < 4.78 is 0. The van der Waals surface area contributed by atoms with E-state index >= 15 is 0 Å². The Morgan fingerprint density at radius 2 is 1.00 bits per heavy atom. The summed E-state index contributed by atoms with van der Waals surface area (Å²) in [5.74, 6) is 0. The average molecular weight is 243 g/mol. The molecule has 0 aromatic carbocycles. The van der Waals surface area contributed by atoms with E-state index in [1.54, 1.807) is 0 Å². The van der Waals surface area contributed by atoms with Crippen molar-refractivity contribution in [1.29, 1.82) is 0 Å². The Bertz CT molecular complexity index is 8.00. The predicted octanol–water partition coefficient (Wildman–Crippen LogP) is 1.13. The summed E-state index contributed by atoms with van der Waals surface area (Å²) >= 11 is 0. The molecule has 0 unspecified atom stereocenters. The van der Waals surface area contributed by atoms with Crippen molar-refractivity contribution in [2.75, 3.05) is 0 Å². The van der Waals surface area contributed by atoms with Gasteiger partial charge in [-0.2, -0.15) is 0 Å². The monoisotopic (exact) mass is 242 g/mol. The first-order chi connectivity index (χ1) is 0. The molecule has 0 aliphatic rings. The third-order valence-electron chi connectivity index (χ3n) is 0. The normalized spacial score (nSPS) is 0. The van der Waals surface area contributed by atoms with Gasteiger partial charge in [-0.1, -0.05) is 0 Å². The van der Waals surface area contributed by atoms with Gasteiger partial charge in [0.1, 0.15) is 0 Å². The zero-order chi connectivity index (χ0) is 0. The van der Waals surface area contributed by atoms with Crippen LogP contribution in [0, 0.1) is 0 Å². The van der Waals surface area contributed by atoms with Gasteiger partial charge in [-0.3, -0.25) is 0 Å². The molecule has 0 aliphatic carbocycles. The Labute approximate surface area is 68.1 Å². The van der Waals surface area contributed by atoms with Gasteiger partial charge in [-0.15, -0.1) is 0 Å². The second kappa shape index (κ2) is 18.6. The van der Waals surface area contributed by atoms with Crippen LogP contribution in [0.25, 0.3) is 0 Å². The van der Waals surface area contributed by atoms with Crippen LogP contribution in [0.5, 0.6) is 0 Å². The SMILES string of the molecule is [In].[P].[S].[Zn]. The topological polar surface area (TPSA) is 0 Å². The molecule has 0 nitrogen and oxygen atoms in total. The fourth-order valence-electron chi connectivity index (χ4n) is 0. The van der Waals surface area contributed by atoms with E-state index in [1.807, 2.05) is 0 Å². The van der Waals surface area contributed by atoms with E-state index in [4.69, 9.17) is 0 Å². The first kappa shape index (κ1) is 33.8. The van der Waals surface area contributed by atoms with E-state index < -0.39 is 0 Å². The van der Waals surface area contributed by atoms with Crippen LogP contribution in [-0.4, -0.2) is 25.8 Å². The summed E-state index contributed by atoms with van der Waals surface area (Å²) in [4.78, 5) is 0. The second-order valence-corrected chi connectivity index (χ2v) is 0. The molecule has 8 radical (unpaired) electrons. The third-order valence-corrected chi connectivity index (χ3v) is 0. The van der Waals surface area contributed by atoms with Gasteiger partial charge in [0.25, 0.3) is 0 Å². The standard InChI is InChI=1S/In.P.S.Zn. The molecular formula is InPSZn. The van der Waals surface area contributed by atoms with E-state index in [-0.39, 0.29) is 68.7 Å². The van der Waals surface area contributed by atoms with Crippen LogP contribution < -0.4 is 0 Å². The zero-order valence-corrected chi connectivity index (χ0v) is 10.1. The molecule has 0 saturated heterocycles. The molecule has 0 aromatic rings. The van der Waals surface area contributed by atoms with Crippen molar-refractivity contribution in [2.45, 2.75) is 0 Å². The van der Waals surface area contributed by atoms with E-state index in [0.29, 0.717) is 0 Å². The minimum atomic E-state index is 0. The van der Waals surface area contributed by atoms with Crippen molar-refractivity contribution in [3.63, 3.8) is 0 Å². The molecular weight excluding hydrogens is 243 g/mol. The molecule has 0 atom stereocenters. The number of hydrogen-bond acceptors (Lipinski definition) is 0. The quantitative estimate of drug-likeness (QED) is 0.442. The minimum absolute atomic E-state index is 0. The van der Waals surface area contributed by atoms with Crippen LogP contribution in [-0.2, 0) is 19.5 Å². The first-order valence-corrected chi connectivity index (χ1v) is 0. The molecule has 0 fully saturated rings. The van der Waals surface area contributed by atoms with Crippen molar-refractivity contribution >= 4 is 49.2 Å². The van der Waals surface area contributed by atoms with Crippen LogP contribution in [0.4, 0.5) is 0 Å². The summed E-state index contributed by atoms with van der Waals surface area (Å²) in [6.07, 6.45) is 0. The Kier molecular flexibility index (Phi) is 157. The fraction of sp³-hybridized carbons (Fsp3) is 0. The molecule has 0 aliphatic heterocycles. The molecule has 0 spiro atoms. The van der Waals surface area contributed by atoms with Crippen molar-refractivity contribution in [2.24, 2.45) is 0 Å². The summed E-state index contributed by atoms with van der Waals surface area (Å²) in [7, 11) is 0. The minimum Gasteiger partial charge on any atom is 0 e. The molecule has 4 heteroatoms. The molecule has 0 bridgehead atoms. The molecule has 0 rings (SSSR count). The largest absolute Gasteiger partial charge is 0 e. The molecule has 4 heavy (non-hydrogen) atoms. The Balaban J connectivity index is 0. The van der Waals surface area contributed by atoms with E-state index in [9.17, 15) is 0 Å². The second-order valence-electron chi connectivity index (χ2n) is 0. The molecule has 0 saturated carbocycles. The molecule has 0 amide bonds. The summed E-state index contributed by atoms with van der Waals surface area (Å²) in [6.45, 7) is 0. The Hall–Kier alpha value is 2.27. The smallest absolute Gasteiger partial charge is 0 e. The van der Waals surface area contributed by atoms with Crippen LogP contribution in [0.3, 0.4) is 0 Å². The van der Waals surface area contributed by atoms with Gasteiger partial charge in [0.15, 0.2) is 0 Å². The van der Waals surface area contributed by atoms with E-state index in [1.165, 1.54) is 0 Å². The molecule has 16 valence electrons. The Morgan fingerprint density at radius 1 is 1.00 bits per heavy atom. The predicted molar refractivity (Wildman–Crippen MR) is 20.3 cm³/mol. The van der Waals surface area contributed by atoms with Gasteiger partial charge in [0, 0.05) is 68.7 Å².